The summed E-state index contributed by atoms with van der Waals surface area (Å²) < 4.78 is 4.99. The van der Waals surface area contributed by atoms with E-state index in [9.17, 15) is 0 Å². The second kappa shape index (κ2) is 3.41. The molecule has 0 radical (unpaired) electrons. The maximum atomic E-state index is 8.43. The van der Waals surface area contributed by atoms with Crippen LogP contribution in [0.15, 0.2) is 11.4 Å². The third-order valence-electron chi connectivity index (χ3n) is 1.10. The normalized spacial score (nSPS) is 9.70. The van der Waals surface area contributed by atoms with E-state index in [0.717, 1.165) is 17.8 Å². The van der Waals surface area contributed by atoms with Crippen molar-refractivity contribution < 1.29 is 9.76 Å². The van der Waals surface area contributed by atoms with Crippen molar-refractivity contribution in [1.29, 1.82) is 0 Å². The predicted molar refractivity (Wildman–Crippen MR) is 44.0 cm³/mol. The molecule has 2 nitrogen and oxygen atoms in total. The van der Waals surface area contributed by atoms with Crippen LogP contribution in [0.5, 0.6) is 5.75 Å². The molecule has 4 heteroatoms. The van der Waals surface area contributed by atoms with Crippen LogP contribution in [0, 0.1) is 0 Å². The van der Waals surface area contributed by atoms with Crippen LogP contribution >= 0.6 is 11.3 Å². The fourth-order valence-corrected chi connectivity index (χ4v) is 1.41. The molecule has 0 unspecified atom stereocenters. The molecular weight excluding hydrogens is 147 g/mol. The van der Waals surface area contributed by atoms with E-state index in [-0.39, 0.29) is 0 Å². The zero-order valence-corrected chi connectivity index (χ0v) is 6.39. The predicted octanol–water partition coefficient (Wildman–Crippen LogP) is 0.518. The molecule has 1 rings (SSSR count). The molecule has 1 heterocycles. The number of thiophene rings is 1. The summed E-state index contributed by atoms with van der Waals surface area (Å²) in [5.41, 5.74) is 0. The Bertz CT molecular complexity index is 231. The first-order valence-corrected chi connectivity index (χ1v) is 3.68. The van der Waals surface area contributed by atoms with E-state index in [4.69, 9.17) is 9.76 Å². The molecule has 10 heavy (non-hydrogen) atoms. The average molecular weight is 154 g/mol. The molecular formula is C6H7BO2S. The number of rotatable bonds is 2. The topological polar surface area (TPSA) is 29.5 Å². The van der Waals surface area contributed by atoms with E-state index in [2.05, 4.69) is 0 Å². The van der Waals surface area contributed by atoms with Crippen molar-refractivity contribution in [1.82, 2.24) is 0 Å². The Morgan fingerprint density at radius 1 is 1.80 bits per heavy atom. The van der Waals surface area contributed by atoms with Crippen molar-refractivity contribution in [3.63, 3.8) is 0 Å². The Hall–Kier alpha value is -0.765. The van der Waals surface area contributed by atoms with Gasteiger partial charge < -0.3 is 0 Å². The Morgan fingerprint density at radius 3 is 3.20 bits per heavy atom. The molecule has 0 atom stereocenters. The minimum atomic E-state index is 0.801. The van der Waals surface area contributed by atoms with E-state index in [1.165, 1.54) is 11.3 Å². The molecule has 1 aromatic heterocycles. The first kappa shape index (κ1) is 7.34. The number of ether oxygens (including phenoxy) is 1. The van der Waals surface area contributed by atoms with Gasteiger partial charge in [0.05, 0.1) is 0 Å². The van der Waals surface area contributed by atoms with Gasteiger partial charge in [0.15, 0.2) is 0 Å². The van der Waals surface area contributed by atoms with Gasteiger partial charge in [0.1, 0.15) is 0 Å². The van der Waals surface area contributed by atoms with Crippen LogP contribution in [-0.2, 0) is 0 Å². The summed E-state index contributed by atoms with van der Waals surface area (Å²) in [6, 6.07) is 1.86. The molecule has 0 fully saturated rings. The summed E-state index contributed by atoms with van der Waals surface area (Å²) in [5.74, 6) is 2.40. The van der Waals surface area contributed by atoms with Gasteiger partial charge in [-0.1, -0.05) is 0 Å². The molecule has 0 aliphatic carbocycles. The van der Waals surface area contributed by atoms with E-state index < -0.39 is 0 Å². The molecule has 0 spiro atoms. The van der Waals surface area contributed by atoms with Gasteiger partial charge in [-0.25, -0.2) is 0 Å². The molecule has 0 aromatic carbocycles. The minimum absolute atomic E-state index is 0.801. The van der Waals surface area contributed by atoms with Crippen LogP contribution in [-0.4, -0.2) is 25.2 Å². The first-order chi connectivity index (χ1) is 4.88. The molecule has 0 amide bonds. The van der Waals surface area contributed by atoms with E-state index in [1.807, 2.05) is 11.4 Å². The number of methoxy groups -OCH3 is 1. The Morgan fingerprint density at radius 2 is 2.60 bits per heavy atom. The first-order valence-electron chi connectivity index (χ1n) is 2.80. The fraction of sp³-hybridized carbons (Fsp3) is 0.167. The van der Waals surface area contributed by atoms with Gasteiger partial charge in [0.25, 0.3) is 0 Å². The second-order valence-corrected chi connectivity index (χ2v) is 2.62. The van der Waals surface area contributed by atoms with E-state index in [0.29, 0.717) is 0 Å². The summed E-state index contributed by atoms with van der Waals surface area (Å²) in [6.07, 6.45) is 0. The van der Waals surface area contributed by atoms with Crippen molar-refractivity contribution >= 4 is 24.4 Å². The molecule has 52 valence electrons. The summed E-state index contributed by atoms with van der Waals surface area (Å²) in [7, 11) is 2.62. The molecule has 1 aromatic rings. The maximum absolute atomic E-state index is 8.43. The molecule has 0 aliphatic heterocycles. The van der Waals surface area contributed by atoms with E-state index >= 15 is 0 Å². The summed E-state index contributed by atoms with van der Waals surface area (Å²) >= 11 is 1.53. The van der Waals surface area contributed by atoms with Crippen LogP contribution in [0.3, 0.4) is 0 Å². The van der Waals surface area contributed by atoms with Crippen molar-refractivity contribution in [3.8, 4) is 5.75 Å². The Balaban J connectivity index is 2.90. The van der Waals surface area contributed by atoms with Gasteiger partial charge in [-0.2, -0.15) is 0 Å². The average Bonchev–Trinajstić information content (AvgIpc) is 2.36. The second-order valence-electron chi connectivity index (χ2n) is 1.67. The van der Waals surface area contributed by atoms with Crippen molar-refractivity contribution in [2.24, 2.45) is 0 Å². The molecule has 0 bridgehead atoms. The zero-order valence-electron chi connectivity index (χ0n) is 5.57. The molecule has 0 saturated heterocycles. The molecule has 0 aliphatic rings. The summed E-state index contributed by atoms with van der Waals surface area (Å²) in [4.78, 5) is 0.935. The monoisotopic (exact) mass is 154 g/mol. The van der Waals surface area contributed by atoms with Crippen LogP contribution < -0.4 is 4.74 Å². The SMILES string of the molecule is COc1ccsc1C=BO. The van der Waals surface area contributed by atoms with Gasteiger partial charge in [0.2, 0.25) is 0 Å². The van der Waals surface area contributed by atoms with Crippen molar-refractivity contribution in [2.45, 2.75) is 0 Å². The fourth-order valence-electron chi connectivity index (χ4n) is 0.667. The third-order valence-corrected chi connectivity index (χ3v) is 1.97. The molecule has 1 N–H and O–H groups in total. The van der Waals surface area contributed by atoms with Crippen LogP contribution in [0.1, 0.15) is 4.88 Å². The summed E-state index contributed by atoms with van der Waals surface area (Å²) in [5, 5.41) is 10.3. The quantitative estimate of drug-likeness (QED) is 0.629. The van der Waals surface area contributed by atoms with Crippen LogP contribution in [0.25, 0.3) is 0 Å². The van der Waals surface area contributed by atoms with Gasteiger partial charge in [-0.05, 0) is 0 Å². The Labute approximate surface area is 64.0 Å². The van der Waals surface area contributed by atoms with Gasteiger partial charge >= 0.3 is 63.4 Å². The Kier molecular flexibility index (Phi) is 2.51. The molecule has 0 saturated carbocycles. The standard InChI is InChI=1S/C6H7BO2S/c1-9-5-2-3-10-6(5)4-7-8/h2-4,8H,1H3. The summed E-state index contributed by atoms with van der Waals surface area (Å²) in [6.45, 7) is 0. The van der Waals surface area contributed by atoms with Gasteiger partial charge in [0, 0.05) is 0 Å². The van der Waals surface area contributed by atoms with Crippen LogP contribution in [0.4, 0.5) is 0 Å². The third kappa shape index (κ3) is 1.39. The number of hydrogen-bond acceptors (Lipinski definition) is 3. The van der Waals surface area contributed by atoms with Crippen molar-refractivity contribution in [2.75, 3.05) is 7.11 Å². The van der Waals surface area contributed by atoms with Crippen LogP contribution in [0.2, 0.25) is 0 Å². The van der Waals surface area contributed by atoms with Crippen molar-refractivity contribution in [3.05, 3.63) is 16.3 Å². The zero-order chi connectivity index (χ0) is 7.40. The van der Waals surface area contributed by atoms with Gasteiger partial charge in [-0.3, -0.25) is 0 Å². The van der Waals surface area contributed by atoms with E-state index in [1.54, 1.807) is 13.1 Å². The number of hydrogen-bond donors (Lipinski definition) is 1. The van der Waals surface area contributed by atoms with Gasteiger partial charge in [-0.15, -0.1) is 0 Å².